The molecule has 0 radical (unpaired) electrons. The van der Waals surface area contributed by atoms with Gasteiger partial charge in [0.25, 0.3) is 0 Å². The Kier molecular flexibility index (Phi) is 3.90. The number of rotatable bonds is 3. The number of phenolic OH excluding ortho intramolecular Hbond substituents is 1. The minimum absolute atomic E-state index is 0.0684. The topological polar surface area (TPSA) is 75.7 Å². The van der Waals surface area contributed by atoms with Crippen LogP contribution >= 0.6 is 15.9 Å². The van der Waals surface area contributed by atoms with Crippen molar-refractivity contribution in [2.24, 2.45) is 5.73 Å². The second-order valence-corrected chi connectivity index (χ2v) is 3.74. The van der Waals surface area contributed by atoms with Gasteiger partial charge in [-0.25, -0.2) is 4.39 Å². The number of phenols is 1. The van der Waals surface area contributed by atoms with Crippen LogP contribution in [-0.2, 0) is 0 Å². The first-order chi connectivity index (χ1) is 7.02. The van der Waals surface area contributed by atoms with Crippen LogP contribution in [0.4, 0.5) is 4.39 Å². The highest BCUT2D eigenvalue weighted by atomic mass is 79.9. The van der Waals surface area contributed by atoms with Gasteiger partial charge in [-0.15, -0.1) is 0 Å². The second kappa shape index (κ2) is 4.78. The van der Waals surface area contributed by atoms with E-state index in [1.807, 2.05) is 0 Å². The van der Waals surface area contributed by atoms with Gasteiger partial charge in [0.2, 0.25) is 0 Å². The summed E-state index contributed by atoms with van der Waals surface area (Å²) in [5.74, 6) is -1.11. The average molecular weight is 280 g/mol. The summed E-state index contributed by atoms with van der Waals surface area (Å²) in [7, 11) is 1.33. The Balaban J connectivity index is 3.38. The summed E-state index contributed by atoms with van der Waals surface area (Å²) < 4.78 is 18.5. The van der Waals surface area contributed by atoms with Gasteiger partial charge in [0, 0.05) is 6.54 Å². The SMILES string of the molecule is COc1c(Br)cc(F)c(C(O)CN)c1O. The van der Waals surface area contributed by atoms with Gasteiger partial charge in [0.05, 0.1) is 23.2 Å². The fourth-order valence-corrected chi connectivity index (χ4v) is 1.78. The van der Waals surface area contributed by atoms with Crippen LogP contribution in [-0.4, -0.2) is 23.9 Å². The van der Waals surface area contributed by atoms with E-state index in [1.165, 1.54) is 7.11 Å². The predicted molar refractivity (Wildman–Crippen MR) is 56.3 cm³/mol. The van der Waals surface area contributed by atoms with E-state index in [0.717, 1.165) is 6.07 Å². The van der Waals surface area contributed by atoms with Crippen molar-refractivity contribution in [3.63, 3.8) is 0 Å². The number of ether oxygens (including phenoxy) is 1. The quantitative estimate of drug-likeness (QED) is 0.780. The molecule has 0 fully saturated rings. The number of aliphatic hydroxyl groups is 1. The Labute approximate surface area is 94.6 Å². The highest BCUT2D eigenvalue weighted by Gasteiger charge is 2.22. The van der Waals surface area contributed by atoms with Crippen LogP contribution in [0.25, 0.3) is 0 Å². The lowest BCUT2D eigenvalue weighted by Crippen LogP contribution is -2.13. The molecule has 1 atom stereocenters. The number of hydrogen-bond donors (Lipinski definition) is 3. The van der Waals surface area contributed by atoms with Gasteiger partial charge in [0.1, 0.15) is 5.82 Å². The Hall–Kier alpha value is -0.850. The first kappa shape index (κ1) is 12.2. The molecule has 0 bridgehead atoms. The summed E-state index contributed by atoms with van der Waals surface area (Å²) in [4.78, 5) is 0. The van der Waals surface area contributed by atoms with Crippen molar-refractivity contribution in [1.82, 2.24) is 0 Å². The molecule has 0 amide bonds. The lowest BCUT2D eigenvalue weighted by atomic mass is 10.1. The molecule has 0 aliphatic carbocycles. The van der Waals surface area contributed by atoms with E-state index in [1.54, 1.807) is 0 Å². The molecule has 1 unspecified atom stereocenters. The lowest BCUT2D eigenvalue weighted by Gasteiger charge is -2.15. The van der Waals surface area contributed by atoms with E-state index in [9.17, 15) is 14.6 Å². The molecule has 6 heteroatoms. The van der Waals surface area contributed by atoms with E-state index < -0.39 is 17.7 Å². The van der Waals surface area contributed by atoms with E-state index in [2.05, 4.69) is 15.9 Å². The van der Waals surface area contributed by atoms with Crippen molar-refractivity contribution in [2.75, 3.05) is 13.7 Å². The molecule has 4 N–H and O–H groups in total. The van der Waals surface area contributed by atoms with Crippen molar-refractivity contribution in [1.29, 1.82) is 0 Å². The minimum atomic E-state index is -1.26. The molecule has 1 rings (SSSR count). The molecule has 84 valence electrons. The van der Waals surface area contributed by atoms with Crippen LogP contribution in [0, 0.1) is 5.82 Å². The number of aliphatic hydroxyl groups excluding tert-OH is 1. The zero-order valence-corrected chi connectivity index (χ0v) is 9.58. The standard InChI is InChI=1S/C9H11BrFNO3/c1-15-9-4(10)2-5(11)7(8(9)14)6(13)3-12/h2,6,13-14H,3,12H2,1H3. The van der Waals surface area contributed by atoms with E-state index >= 15 is 0 Å². The minimum Gasteiger partial charge on any atom is -0.504 e. The molecule has 0 aromatic heterocycles. The Morgan fingerprint density at radius 3 is 2.73 bits per heavy atom. The number of nitrogens with two attached hydrogens (primary N) is 1. The first-order valence-corrected chi connectivity index (χ1v) is 4.95. The summed E-state index contributed by atoms with van der Waals surface area (Å²) in [6.45, 7) is -0.185. The average Bonchev–Trinajstić information content (AvgIpc) is 2.17. The van der Waals surface area contributed by atoms with Gasteiger partial charge in [-0.3, -0.25) is 0 Å². The highest BCUT2D eigenvalue weighted by molar-refractivity contribution is 9.10. The molecule has 15 heavy (non-hydrogen) atoms. The third kappa shape index (κ3) is 2.22. The van der Waals surface area contributed by atoms with E-state index in [0.29, 0.717) is 0 Å². The fraction of sp³-hybridized carbons (Fsp3) is 0.333. The second-order valence-electron chi connectivity index (χ2n) is 2.89. The highest BCUT2D eigenvalue weighted by Crippen LogP contribution is 2.41. The summed E-state index contributed by atoms with van der Waals surface area (Å²) in [6, 6.07) is 1.10. The smallest absolute Gasteiger partial charge is 0.175 e. The third-order valence-corrected chi connectivity index (χ3v) is 2.55. The number of halogens is 2. The maximum absolute atomic E-state index is 13.4. The molecule has 1 aromatic rings. The fourth-order valence-electron chi connectivity index (χ4n) is 1.23. The number of benzene rings is 1. The van der Waals surface area contributed by atoms with Crippen LogP contribution < -0.4 is 10.5 Å². The summed E-state index contributed by atoms with van der Waals surface area (Å²) in [5.41, 5.74) is 4.94. The number of methoxy groups -OCH3 is 1. The van der Waals surface area contributed by atoms with Crippen LogP contribution in [0.5, 0.6) is 11.5 Å². The lowest BCUT2D eigenvalue weighted by molar-refractivity contribution is 0.176. The van der Waals surface area contributed by atoms with Gasteiger partial charge in [0.15, 0.2) is 11.5 Å². The molecule has 0 aliphatic rings. The molecular weight excluding hydrogens is 269 g/mol. The van der Waals surface area contributed by atoms with Crippen molar-refractivity contribution < 1.29 is 19.3 Å². The number of hydrogen-bond acceptors (Lipinski definition) is 4. The van der Waals surface area contributed by atoms with Gasteiger partial charge in [-0.05, 0) is 22.0 Å². The molecular formula is C9H11BrFNO3. The molecule has 1 aromatic carbocycles. The summed E-state index contributed by atoms with van der Waals surface area (Å²) >= 11 is 3.03. The van der Waals surface area contributed by atoms with Gasteiger partial charge in [-0.2, -0.15) is 0 Å². The van der Waals surface area contributed by atoms with Crippen LogP contribution in [0.15, 0.2) is 10.5 Å². The van der Waals surface area contributed by atoms with Gasteiger partial charge < -0.3 is 20.7 Å². The van der Waals surface area contributed by atoms with Crippen LogP contribution in [0.1, 0.15) is 11.7 Å². The summed E-state index contributed by atoms with van der Waals surface area (Å²) in [5, 5.41) is 19.0. The summed E-state index contributed by atoms with van der Waals surface area (Å²) in [6.07, 6.45) is -1.26. The molecule has 0 aliphatic heterocycles. The first-order valence-electron chi connectivity index (χ1n) is 4.15. The zero-order chi connectivity index (χ0) is 11.6. The van der Waals surface area contributed by atoms with Crippen molar-refractivity contribution >= 4 is 15.9 Å². The van der Waals surface area contributed by atoms with Crippen molar-refractivity contribution in [3.8, 4) is 11.5 Å². The van der Waals surface area contributed by atoms with Crippen LogP contribution in [0.2, 0.25) is 0 Å². The predicted octanol–water partition coefficient (Wildman–Crippen LogP) is 1.29. The van der Waals surface area contributed by atoms with Gasteiger partial charge >= 0.3 is 0 Å². The maximum Gasteiger partial charge on any atom is 0.175 e. The monoisotopic (exact) mass is 279 g/mol. The van der Waals surface area contributed by atoms with Gasteiger partial charge in [-0.1, -0.05) is 0 Å². The molecule has 0 heterocycles. The maximum atomic E-state index is 13.4. The van der Waals surface area contributed by atoms with Crippen molar-refractivity contribution in [3.05, 3.63) is 21.9 Å². The normalized spacial score (nSPS) is 12.6. The Bertz CT molecular complexity index is 373. The zero-order valence-electron chi connectivity index (χ0n) is 8.00. The van der Waals surface area contributed by atoms with Crippen molar-refractivity contribution in [2.45, 2.75) is 6.10 Å². The molecule has 4 nitrogen and oxygen atoms in total. The third-order valence-electron chi connectivity index (χ3n) is 1.96. The number of aromatic hydroxyl groups is 1. The van der Waals surface area contributed by atoms with Crippen LogP contribution in [0.3, 0.4) is 0 Å². The Morgan fingerprint density at radius 1 is 1.67 bits per heavy atom. The molecule has 0 saturated heterocycles. The van der Waals surface area contributed by atoms with E-state index in [4.69, 9.17) is 10.5 Å². The molecule has 0 spiro atoms. The Morgan fingerprint density at radius 2 is 2.27 bits per heavy atom. The molecule has 0 saturated carbocycles. The largest absolute Gasteiger partial charge is 0.504 e. The van der Waals surface area contributed by atoms with E-state index in [-0.39, 0.29) is 22.3 Å².